The smallest absolute Gasteiger partial charge is 0.0839 e. The van der Waals surface area contributed by atoms with Crippen LogP contribution in [-0.4, -0.2) is 32.7 Å². The van der Waals surface area contributed by atoms with E-state index in [0.717, 1.165) is 12.1 Å². The quantitative estimate of drug-likeness (QED) is 0.617. The van der Waals surface area contributed by atoms with Gasteiger partial charge < -0.3 is 10.8 Å². The van der Waals surface area contributed by atoms with Gasteiger partial charge in [0.05, 0.1) is 18.3 Å². The third-order valence-corrected chi connectivity index (χ3v) is 1.44. The standard InChI is InChI=1S/C7H14N4O/c1-6(12)4-11-5-7(2-3-8)9-10-11/h5-6,12H,2-4,8H2,1H3. The molecule has 5 heteroatoms. The van der Waals surface area contributed by atoms with E-state index in [1.165, 1.54) is 0 Å². The minimum atomic E-state index is -0.391. The summed E-state index contributed by atoms with van der Waals surface area (Å²) >= 11 is 0. The van der Waals surface area contributed by atoms with Crippen molar-refractivity contribution in [3.8, 4) is 0 Å². The van der Waals surface area contributed by atoms with E-state index in [1.807, 2.05) is 0 Å². The van der Waals surface area contributed by atoms with E-state index in [1.54, 1.807) is 17.8 Å². The number of nitrogens with two attached hydrogens (primary N) is 1. The first-order valence-corrected chi connectivity index (χ1v) is 3.99. The Labute approximate surface area is 71.2 Å². The van der Waals surface area contributed by atoms with Crippen LogP contribution < -0.4 is 5.73 Å². The molecule has 0 fully saturated rings. The van der Waals surface area contributed by atoms with Crippen LogP contribution in [0, 0.1) is 0 Å². The molecule has 3 N–H and O–H groups in total. The zero-order chi connectivity index (χ0) is 8.97. The molecule has 1 atom stereocenters. The van der Waals surface area contributed by atoms with Crippen molar-refractivity contribution >= 4 is 0 Å². The third kappa shape index (κ3) is 2.60. The molecule has 0 amide bonds. The van der Waals surface area contributed by atoms with Crippen LogP contribution in [0.25, 0.3) is 0 Å². The normalized spacial score (nSPS) is 13.2. The molecule has 1 aromatic rings. The molecule has 68 valence electrons. The average molecular weight is 170 g/mol. The van der Waals surface area contributed by atoms with Crippen molar-refractivity contribution in [2.75, 3.05) is 6.54 Å². The first-order valence-electron chi connectivity index (χ1n) is 3.99. The molecule has 0 bridgehead atoms. The van der Waals surface area contributed by atoms with Crippen LogP contribution in [0.3, 0.4) is 0 Å². The number of rotatable bonds is 4. The number of nitrogens with zero attached hydrogens (tertiary/aromatic N) is 3. The number of hydrogen-bond donors (Lipinski definition) is 2. The van der Waals surface area contributed by atoms with Crippen LogP contribution in [0.1, 0.15) is 12.6 Å². The fraction of sp³-hybridized carbons (Fsp3) is 0.714. The Bertz CT molecular complexity index is 233. The summed E-state index contributed by atoms with van der Waals surface area (Å²) in [6.07, 6.45) is 2.15. The maximum Gasteiger partial charge on any atom is 0.0839 e. The van der Waals surface area contributed by atoms with Gasteiger partial charge >= 0.3 is 0 Å². The van der Waals surface area contributed by atoms with E-state index >= 15 is 0 Å². The van der Waals surface area contributed by atoms with E-state index in [9.17, 15) is 0 Å². The molecule has 0 aliphatic heterocycles. The molecule has 0 aliphatic carbocycles. The number of aliphatic hydroxyl groups is 1. The topological polar surface area (TPSA) is 77.0 Å². The Kier molecular flexibility index (Phi) is 3.19. The Morgan fingerprint density at radius 3 is 3.08 bits per heavy atom. The van der Waals surface area contributed by atoms with Crippen molar-refractivity contribution in [1.29, 1.82) is 0 Å². The van der Waals surface area contributed by atoms with Gasteiger partial charge in [-0.1, -0.05) is 5.21 Å². The number of aliphatic hydroxyl groups excluding tert-OH is 1. The molecular weight excluding hydrogens is 156 g/mol. The van der Waals surface area contributed by atoms with Gasteiger partial charge in [0.15, 0.2) is 0 Å². The van der Waals surface area contributed by atoms with Crippen LogP contribution in [0.15, 0.2) is 6.20 Å². The summed E-state index contributed by atoms with van der Waals surface area (Å²) in [5.74, 6) is 0. The molecule has 0 radical (unpaired) electrons. The van der Waals surface area contributed by atoms with Crippen molar-refractivity contribution < 1.29 is 5.11 Å². The molecule has 0 saturated carbocycles. The van der Waals surface area contributed by atoms with E-state index in [4.69, 9.17) is 10.8 Å². The predicted molar refractivity (Wildman–Crippen MR) is 44.5 cm³/mol. The zero-order valence-electron chi connectivity index (χ0n) is 7.14. The minimum absolute atomic E-state index is 0.391. The lowest BCUT2D eigenvalue weighted by atomic mass is 10.3. The summed E-state index contributed by atoms with van der Waals surface area (Å²) in [4.78, 5) is 0. The van der Waals surface area contributed by atoms with Gasteiger partial charge in [0, 0.05) is 12.6 Å². The molecule has 1 aromatic heterocycles. The lowest BCUT2D eigenvalue weighted by molar-refractivity contribution is 0.167. The molecule has 0 saturated heterocycles. The molecule has 0 spiro atoms. The van der Waals surface area contributed by atoms with Crippen LogP contribution in [0.5, 0.6) is 0 Å². The summed E-state index contributed by atoms with van der Waals surface area (Å²) in [7, 11) is 0. The van der Waals surface area contributed by atoms with Gasteiger partial charge in [0.25, 0.3) is 0 Å². The molecule has 0 aromatic carbocycles. The van der Waals surface area contributed by atoms with E-state index < -0.39 is 6.10 Å². The fourth-order valence-electron chi connectivity index (χ4n) is 0.961. The molecule has 0 aliphatic rings. The Hall–Kier alpha value is -0.940. The second kappa shape index (κ2) is 4.18. The van der Waals surface area contributed by atoms with Gasteiger partial charge in [-0.15, -0.1) is 5.10 Å². The number of aromatic nitrogens is 3. The first-order chi connectivity index (χ1) is 5.72. The summed E-state index contributed by atoms with van der Waals surface area (Å²) in [5, 5.41) is 16.7. The fourth-order valence-corrected chi connectivity index (χ4v) is 0.961. The molecule has 1 unspecified atom stereocenters. The monoisotopic (exact) mass is 170 g/mol. The summed E-state index contributed by atoms with van der Waals surface area (Å²) in [6.45, 7) is 2.77. The second-order valence-corrected chi connectivity index (χ2v) is 2.82. The summed E-state index contributed by atoms with van der Waals surface area (Å²) in [5.41, 5.74) is 6.22. The highest BCUT2D eigenvalue weighted by Crippen LogP contribution is 1.94. The molecule has 12 heavy (non-hydrogen) atoms. The highest BCUT2D eigenvalue weighted by Gasteiger charge is 2.01. The Morgan fingerprint density at radius 1 is 1.75 bits per heavy atom. The van der Waals surface area contributed by atoms with Crippen molar-refractivity contribution in [3.05, 3.63) is 11.9 Å². The predicted octanol–water partition coefficient (Wildman–Crippen LogP) is -0.840. The largest absolute Gasteiger partial charge is 0.391 e. The maximum absolute atomic E-state index is 9.03. The number of hydrogen-bond acceptors (Lipinski definition) is 4. The molecule has 1 heterocycles. The van der Waals surface area contributed by atoms with Crippen LogP contribution in [-0.2, 0) is 13.0 Å². The van der Waals surface area contributed by atoms with Gasteiger partial charge in [-0.05, 0) is 13.5 Å². The third-order valence-electron chi connectivity index (χ3n) is 1.44. The van der Waals surface area contributed by atoms with Gasteiger partial charge in [-0.2, -0.15) is 0 Å². The minimum Gasteiger partial charge on any atom is -0.391 e. The highest BCUT2D eigenvalue weighted by molar-refractivity contribution is 4.92. The average Bonchev–Trinajstić information content (AvgIpc) is 2.36. The SMILES string of the molecule is CC(O)Cn1cc(CCN)nn1. The van der Waals surface area contributed by atoms with Crippen LogP contribution in [0.4, 0.5) is 0 Å². The van der Waals surface area contributed by atoms with Gasteiger partial charge in [0.1, 0.15) is 0 Å². The Balaban J connectivity index is 2.52. The summed E-state index contributed by atoms with van der Waals surface area (Å²) < 4.78 is 1.62. The van der Waals surface area contributed by atoms with Crippen molar-refractivity contribution in [2.24, 2.45) is 5.73 Å². The van der Waals surface area contributed by atoms with Gasteiger partial charge in [-0.25, -0.2) is 4.68 Å². The van der Waals surface area contributed by atoms with E-state index in [2.05, 4.69) is 10.3 Å². The van der Waals surface area contributed by atoms with Gasteiger partial charge in [0.2, 0.25) is 0 Å². The molecule has 5 nitrogen and oxygen atoms in total. The van der Waals surface area contributed by atoms with Gasteiger partial charge in [-0.3, -0.25) is 0 Å². The van der Waals surface area contributed by atoms with Crippen LogP contribution in [0.2, 0.25) is 0 Å². The van der Waals surface area contributed by atoms with Crippen molar-refractivity contribution in [2.45, 2.75) is 26.0 Å². The maximum atomic E-state index is 9.03. The van der Waals surface area contributed by atoms with Crippen molar-refractivity contribution in [3.63, 3.8) is 0 Å². The molecular formula is C7H14N4O. The first kappa shape index (κ1) is 9.15. The van der Waals surface area contributed by atoms with Crippen molar-refractivity contribution in [1.82, 2.24) is 15.0 Å². The van der Waals surface area contributed by atoms with E-state index in [0.29, 0.717) is 13.1 Å². The molecule has 1 rings (SSSR count). The lowest BCUT2D eigenvalue weighted by Gasteiger charge is -2.01. The van der Waals surface area contributed by atoms with Crippen LogP contribution >= 0.6 is 0 Å². The lowest BCUT2D eigenvalue weighted by Crippen LogP contribution is -2.12. The van der Waals surface area contributed by atoms with E-state index in [-0.39, 0.29) is 0 Å². The second-order valence-electron chi connectivity index (χ2n) is 2.82. The Morgan fingerprint density at radius 2 is 2.50 bits per heavy atom. The zero-order valence-corrected chi connectivity index (χ0v) is 7.14. The highest BCUT2D eigenvalue weighted by atomic mass is 16.3. The summed E-state index contributed by atoms with van der Waals surface area (Å²) in [6, 6.07) is 0.